The van der Waals surface area contributed by atoms with Gasteiger partial charge in [-0.2, -0.15) is 0 Å². The molecule has 4 nitrogen and oxygen atoms in total. The molecule has 20 heavy (non-hydrogen) atoms. The maximum Gasteiger partial charge on any atom is 0.407 e. The molecule has 0 aliphatic rings. The van der Waals surface area contributed by atoms with Crippen molar-refractivity contribution in [3.8, 4) is 5.75 Å². The average Bonchev–Trinajstić information content (AvgIpc) is 2.45. The SMILES string of the molecule is O=C(NCc1ccc(O)cc1F)OCc1ccccc1. The zero-order valence-electron chi connectivity index (χ0n) is 10.7. The Kier molecular flexibility index (Phi) is 4.55. The second-order valence-corrected chi connectivity index (χ2v) is 4.19. The Balaban J connectivity index is 1.80. The number of aromatic hydroxyl groups is 1. The van der Waals surface area contributed by atoms with Crippen molar-refractivity contribution in [1.82, 2.24) is 5.32 Å². The van der Waals surface area contributed by atoms with Crippen LogP contribution in [0.1, 0.15) is 11.1 Å². The molecule has 0 aliphatic carbocycles. The smallest absolute Gasteiger partial charge is 0.407 e. The molecule has 0 spiro atoms. The minimum absolute atomic E-state index is 0.000262. The van der Waals surface area contributed by atoms with Crippen molar-refractivity contribution in [3.63, 3.8) is 0 Å². The molecular weight excluding hydrogens is 261 g/mol. The van der Waals surface area contributed by atoms with E-state index in [1.54, 1.807) is 0 Å². The van der Waals surface area contributed by atoms with Crippen LogP contribution in [0.3, 0.4) is 0 Å². The molecule has 0 fully saturated rings. The third-order valence-corrected chi connectivity index (χ3v) is 2.67. The molecule has 0 heterocycles. The summed E-state index contributed by atoms with van der Waals surface area (Å²) in [5.41, 5.74) is 1.15. The number of nitrogens with one attached hydrogen (secondary N) is 1. The van der Waals surface area contributed by atoms with Crippen LogP contribution in [0.15, 0.2) is 48.5 Å². The van der Waals surface area contributed by atoms with Crippen molar-refractivity contribution in [3.05, 3.63) is 65.5 Å². The largest absolute Gasteiger partial charge is 0.508 e. The van der Waals surface area contributed by atoms with Crippen LogP contribution in [-0.4, -0.2) is 11.2 Å². The lowest BCUT2D eigenvalue weighted by Crippen LogP contribution is -2.24. The van der Waals surface area contributed by atoms with Gasteiger partial charge in [-0.1, -0.05) is 36.4 Å². The van der Waals surface area contributed by atoms with Gasteiger partial charge in [0.2, 0.25) is 0 Å². The molecule has 0 bridgehead atoms. The van der Waals surface area contributed by atoms with Gasteiger partial charge in [-0.3, -0.25) is 0 Å². The highest BCUT2D eigenvalue weighted by Crippen LogP contribution is 2.14. The van der Waals surface area contributed by atoms with Crippen LogP contribution in [0.25, 0.3) is 0 Å². The molecule has 2 rings (SSSR count). The molecule has 0 aromatic heterocycles. The predicted octanol–water partition coefficient (Wildman–Crippen LogP) is 2.96. The van der Waals surface area contributed by atoms with Crippen LogP contribution in [0.2, 0.25) is 0 Å². The second-order valence-electron chi connectivity index (χ2n) is 4.19. The highest BCUT2D eigenvalue weighted by Gasteiger charge is 2.06. The number of phenols is 1. The predicted molar refractivity (Wildman–Crippen MR) is 71.5 cm³/mol. The van der Waals surface area contributed by atoms with Crippen LogP contribution in [-0.2, 0) is 17.9 Å². The summed E-state index contributed by atoms with van der Waals surface area (Å²) in [6.45, 7) is 0.157. The van der Waals surface area contributed by atoms with E-state index in [1.165, 1.54) is 12.1 Å². The summed E-state index contributed by atoms with van der Waals surface area (Å²) in [6, 6.07) is 13.0. The van der Waals surface area contributed by atoms with Crippen molar-refractivity contribution in [2.24, 2.45) is 0 Å². The first-order valence-corrected chi connectivity index (χ1v) is 6.07. The Morgan fingerprint density at radius 1 is 1.20 bits per heavy atom. The molecule has 2 N–H and O–H groups in total. The van der Waals surface area contributed by atoms with Gasteiger partial charge < -0.3 is 15.2 Å². The Morgan fingerprint density at radius 2 is 1.95 bits per heavy atom. The molecule has 5 heteroatoms. The number of hydrogen-bond donors (Lipinski definition) is 2. The third kappa shape index (κ3) is 3.98. The molecular formula is C15H14FNO3. The standard InChI is InChI=1S/C15H14FNO3/c16-14-8-13(18)7-6-12(14)9-17-15(19)20-10-11-4-2-1-3-5-11/h1-8,18H,9-10H2,(H,17,19). The normalized spacial score (nSPS) is 10.1. The Hall–Kier alpha value is -2.56. The minimum Gasteiger partial charge on any atom is -0.508 e. The zero-order valence-corrected chi connectivity index (χ0v) is 10.7. The Morgan fingerprint density at radius 3 is 2.65 bits per heavy atom. The fourth-order valence-electron chi connectivity index (χ4n) is 1.62. The van der Waals surface area contributed by atoms with Crippen molar-refractivity contribution in [2.75, 3.05) is 0 Å². The minimum atomic E-state index is -0.624. The van der Waals surface area contributed by atoms with Gasteiger partial charge in [0, 0.05) is 18.2 Å². The molecule has 0 radical (unpaired) electrons. The van der Waals surface area contributed by atoms with Gasteiger partial charge >= 0.3 is 6.09 Å². The van der Waals surface area contributed by atoms with Gasteiger partial charge in [-0.15, -0.1) is 0 Å². The Bertz CT molecular complexity index is 587. The number of ether oxygens (including phenoxy) is 1. The lowest BCUT2D eigenvalue weighted by Gasteiger charge is -2.08. The first-order valence-electron chi connectivity index (χ1n) is 6.07. The Labute approximate surface area is 115 Å². The van der Waals surface area contributed by atoms with E-state index >= 15 is 0 Å². The van der Waals surface area contributed by atoms with Crippen molar-refractivity contribution < 1.29 is 19.0 Å². The second kappa shape index (κ2) is 6.56. The van der Waals surface area contributed by atoms with Crippen molar-refractivity contribution in [1.29, 1.82) is 0 Å². The third-order valence-electron chi connectivity index (χ3n) is 2.67. The number of halogens is 1. The van der Waals surface area contributed by atoms with E-state index in [-0.39, 0.29) is 24.5 Å². The number of alkyl carbamates (subject to hydrolysis) is 1. The number of hydrogen-bond acceptors (Lipinski definition) is 3. The van der Waals surface area contributed by atoms with E-state index in [0.717, 1.165) is 11.6 Å². The van der Waals surface area contributed by atoms with Gasteiger partial charge in [0.15, 0.2) is 0 Å². The van der Waals surface area contributed by atoms with Gasteiger partial charge in [-0.25, -0.2) is 9.18 Å². The molecule has 0 atom stereocenters. The molecule has 104 valence electrons. The van der Waals surface area contributed by atoms with Crippen molar-refractivity contribution >= 4 is 6.09 Å². The number of benzene rings is 2. The lowest BCUT2D eigenvalue weighted by atomic mass is 10.2. The number of amides is 1. The van der Waals surface area contributed by atoms with E-state index in [0.29, 0.717) is 0 Å². The van der Waals surface area contributed by atoms with Gasteiger partial charge in [-0.05, 0) is 11.6 Å². The first kappa shape index (κ1) is 13.9. The molecule has 2 aromatic rings. The van der Waals surface area contributed by atoms with Gasteiger partial charge in [0.1, 0.15) is 18.2 Å². The van der Waals surface area contributed by atoms with E-state index < -0.39 is 11.9 Å². The number of phenolic OH excluding ortho intramolecular Hbond substituents is 1. The van der Waals surface area contributed by atoms with Crippen LogP contribution in [0.4, 0.5) is 9.18 Å². The average molecular weight is 275 g/mol. The maximum absolute atomic E-state index is 13.4. The molecule has 0 saturated heterocycles. The summed E-state index contributed by atoms with van der Waals surface area (Å²) < 4.78 is 18.4. The van der Waals surface area contributed by atoms with Crippen LogP contribution >= 0.6 is 0 Å². The highest BCUT2D eigenvalue weighted by atomic mass is 19.1. The van der Waals surface area contributed by atoms with E-state index in [2.05, 4.69) is 5.32 Å². The summed E-state index contributed by atoms with van der Waals surface area (Å²) in [5.74, 6) is -0.730. The van der Waals surface area contributed by atoms with Gasteiger partial charge in [0.25, 0.3) is 0 Å². The van der Waals surface area contributed by atoms with E-state index in [1.807, 2.05) is 30.3 Å². The van der Waals surface area contributed by atoms with E-state index in [9.17, 15) is 9.18 Å². The summed E-state index contributed by atoms with van der Waals surface area (Å²) in [7, 11) is 0. The number of carbonyl (C=O) groups excluding carboxylic acids is 1. The summed E-state index contributed by atoms with van der Waals surface area (Å²) in [6.07, 6.45) is -0.624. The van der Waals surface area contributed by atoms with E-state index in [4.69, 9.17) is 9.84 Å². The van der Waals surface area contributed by atoms with Crippen molar-refractivity contribution in [2.45, 2.75) is 13.2 Å². The fourth-order valence-corrected chi connectivity index (χ4v) is 1.62. The van der Waals surface area contributed by atoms with Crippen LogP contribution < -0.4 is 5.32 Å². The summed E-state index contributed by atoms with van der Waals surface area (Å²) in [5, 5.41) is 11.5. The summed E-state index contributed by atoms with van der Waals surface area (Å²) >= 11 is 0. The fraction of sp³-hybridized carbons (Fsp3) is 0.133. The highest BCUT2D eigenvalue weighted by molar-refractivity contribution is 5.67. The molecule has 1 amide bonds. The molecule has 0 aliphatic heterocycles. The number of rotatable bonds is 4. The topological polar surface area (TPSA) is 58.6 Å². The van der Waals surface area contributed by atoms with Crippen LogP contribution in [0.5, 0.6) is 5.75 Å². The summed E-state index contributed by atoms with van der Waals surface area (Å²) in [4.78, 5) is 11.5. The monoisotopic (exact) mass is 275 g/mol. The molecule has 0 unspecified atom stereocenters. The van der Waals surface area contributed by atoms with Crippen LogP contribution in [0, 0.1) is 5.82 Å². The molecule has 0 saturated carbocycles. The van der Waals surface area contributed by atoms with Gasteiger partial charge in [0.05, 0.1) is 0 Å². The number of carbonyl (C=O) groups is 1. The lowest BCUT2D eigenvalue weighted by molar-refractivity contribution is 0.139. The molecule has 2 aromatic carbocycles. The first-order chi connectivity index (χ1) is 9.65. The zero-order chi connectivity index (χ0) is 14.4. The maximum atomic E-state index is 13.4. The quantitative estimate of drug-likeness (QED) is 0.902.